The van der Waals surface area contributed by atoms with Crippen molar-refractivity contribution in [3.05, 3.63) is 51.6 Å². The minimum Gasteiger partial charge on any atom is -0.393 e. The molecular weight excluding hydrogens is 409 g/mol. The third kappa shape index (κ3) is 4.74. The van der Waals surface area contributed by atoms with Gasteiger partial charge in [0.25, 0.3) is 5.91 Å². The summed E-state index contributed by atoms with van der Waals surface area (Å²) in [5.74, 6) is -1.03. The molecule has 1 aromatic heterocycles. The molecule has 1 aromatic carbocycles. The van der Waals surface area contributed by atoms with E-state index >= 15 is 0 Å². The summed E-state index contributed by atoms with van der Waals surface area (Å²) < 4.78 is 15.1. The number of nitrogens with zero attached hydrogens (tertiary/aromatic N) is 1. The summed E-state index contributed by atoms with van der Waals surface area (Å²) >= 11 is 5.79. The average Bonchev–Trinajstić information content (AvgIpc) is 2.92. The van der Waals surface area contributed by atoms with E-state index in [2.05, 4.69) is 10.6 Å². The summed E-state index contributed by atoms with van der Waals surface area (Å²) in [6.45, 7) is 3.71. The number of carbonyl (C=O) groups excluding carboxylic acids is 2. The predicted octanol–water partition coefficient (Wildman–Crippen LogP) is 3.76. The summed E-state index contributed by atoms with van der Waals surface area (Å²) in [7, 11) is 1.76. The molecule has 1 aliphatic carbocycles. The number of aliphatic hydroxyl groups is 1. The number of aromatic nitrogens is 1. The van der Waals surface area contributed by atoms with Crippen LogP contribution in [0.25, 0.3) is 0 Å². The van der Waals surface area contributed by atoms with E-state index in [-0.39, 0.29) is 35.4 Å². The van der Waals surface area contributed by atoms with E-state index in [9.17, 15) is 19.1 Å². The molecule has 0 atom stereocenters. The van der Waals surface area contributed by atoms with Crippen molar-refractivity contribution in [3.63, 3.8) is 0 Å². The first kappa shape index (κ1) is 22.5. The molecule has 0 unspecified atom stereocenters. The molecule has 30 heavy (non-hydrogen) atoms. The van der Waals surface area contributed by atoms with Crippen molar-refractivity contribution in [3.8, 4) is 0 Å². The molecule has 1 fully saturated rings. The Morgan fingerprint density at radius 3 is 2.53 bits per heavy atom. The van der Waals surface area contributed by atoms with Crippen LogP contribution in [0.3, 0.4) is 0 Å². The van der Waals surface area contributed by atoms with Gasteiger partial charge in [-0.3, -0.25) is 9.59 Å². The Morgan fingerprint density at radius 1 is 1.23 bits per heavy atom. The van der Waals surface area contributed by atoms with E-state index in [1.807, 2.05) is 0 Å². The van der Waals surface area contributed by atoms with Gasteiger partial charge in [-0.1, -0.05) is 11.6 Å². The Hall–Kier alpha value is -2.22. The third-order valence-corrected chi connectivity index (χ3v) is 6.14. The normalized spacial score (nSPS) is 19.0. The zero-order valence-corrected chi connectivity index (χ0v) is 18.1. The maximum absolute atomic E-state index is 13.4. The molecule has 8 heteroatoms. The second-order valence-corrected chi connectivity index (χ2v) is 8.29. The monoisotopic (exact) mass is 435 g/mol. The van der Waals surface area contributed by atoms with Gasteiger partial charge in [-0.2, -0.15) is 0 Å². The molecule has 3 rings (SSSR count). The van der Waals surface area contributed by atoms with Crippen LogP contribution in [0.4, 0.5) is 10.1 Å². The summed E-state index contributed by atoms with van der Waals surface area (Å²) in [4.78, 5) is 25.8. The van der Waals surface area contributed by atoms with Crippen LogP contribution in [0.5, 0.6) is 0 Å². The van der Waals surface area contributed by atoms with Crippen LogP contribution < -0.4 is 10.6 Å². The number of amides is 1. The van der Waals surface area contributed by atoms with E-state index < -0.39 is 5.82 Å². The zero-order chi connectivity index (χ0) is 22.0. The molecule has 0 spiro atoms. The van der Waals surface area contributed by atoms with Gasteiger partial charge in [-0.25, -0.2) is 4.39 Å². The fourth-order valence-electron chi connectivity index (χ4n) is 4.08. The Balaban J connectivity index is 1.74. The number of aliphatic hydroxyl groups excluding tert-OH is 1. The number of hydrogen-bond acceptors (Lipinski definition) is 4. The number of benzene rings is 1. The van der Waals surface area contributed by atoms with Crippen molar-refractivity contribution in [1.82, 2.24) is 9.88 Å². The van der Waals surface area contributed by atoms with Gasteiger partial charge in [0.2, 0.25) is 0 Å². The number of nitrogens with one attached hydrogen (secondary N) is 2. The highest BCUT2D eigenvalue weighted by atomic mass is 35.5. The van der Waals surface area contributed by atoms with Gasteiger partial charge < -0.3 is 20.3 Å². The first-order valence-electron chi connectivity index (χ1n) is 10.1. The highest BCUT2D eigenvalue weighted by Crippen LogP contribution is 2.25. The van der Waals surface area contributed by atoms with Crippen molar-refractivity contribution in [2.75, 3.05) is 11.9 Å². The highest BCUT2D eigenvalue weighted by molar-refractivity contribution is 6.31. The van der Waals surface area contributed by atoms with Gasteiger partial charge >= 0.3 is 0 Å². The Bertz CT molecular complexity index is 965. The third-order valence-electron chi connectivity index (χ3n) is 5.85. The van der Waals surface area contributed by atoms with Crippen molar-refractivity contribution in [2.24, 2.45) is 7.05 Å². The molecule has 0 aliphatic heterocycles. The molecule has 1 heterocycles. The van der Waals surface area contributed by atoms with Crippen LogP contribution in [-0.2, 0) is 7.05 Å². The van der Waals surface area contributed by atoms with Crippen LogP contribution in [0.1, 0.15) is 57.8 Å². The molecule has 0 bridgehead atoms. The molecule has 1 amide bonds. The van der Waals surface area contributed by atoms with Crippen LogP contribution in [0.15, 0.2) is 18.2 Å². The fourth-order valence-corrected chi connectivity index (χ4v) is 4.26. The van der Waals surface area contributed by atoms with Gasteiger partial charge in [0.1, 0.15) is 5.82 Å². The lowest BCUT2D eigenvalue weighted by atomic mass is 9.93. The van der Waals surface area contributed by atoms with E-state index in [1.165, 1.54) is 18.2 Å². The summed E-state index contributed by atoms with van der Waals surface area (Å²) in [5, 5.41) is 15.5. The van der Waals surface area contributed by atoms with Gasteiger partial charge in [0.15, 0.2) is 5.78 Å². The lowest BCUT2D eigenvalue weighted by Crippen LogP contribution is -2.38. The van der Waals surface area contributed by atoms with Crippen LogP contribution in [-0.4, -0.2) is 40.1 Å². The van der Waals surface area contributed by atoms with E-state index in [0.717, 1.165) is 25.7 Å². The topological polar surface area (TPSA) is 83.4 Å². The molecule has 0 radical (unpaired) electrons. The number of halogens is 2. The Morgan fingerprint density at radius 2 is 1.90 bits per heavy atom. The quantitative estimate of drug-likeness (QED) is 0.603. The molecule has 2 aromatic rings. The van der Waals surface area contributed by atoms with Crippen molar-refractivity contribution >= 4 is 29.0 Å². The molecule has 162 valence electrons. The van der Waals surface area contributed by atoms with Crippen LogP contribution in [0.2, 0.25) is 5.02 Å². The number of Topliss-reactive ketones (excluding diaryl/α,β-unsaturated/α-hetero) is 1. The molecule has 0 saturated heterocycles. The maximum Gasteiger partial charge on any atom is 0.257 e. The second-order valence-electron chi connectivity index (χ2n) is 7.89. The molecule has 3 N–H and O–H groups in total. The number of hydrogen-bond donors (Lipinski definition) is 3. The summed E-state index contributed by atoms with van der Waals surface area (Å²) in [6.07, 6.45) is 2.92. The smallest absolute Gasteiger partial charge is 0.257 e. The van der Waals surface area contributed by atoms with Crippen molar-refractivity contribution < 1.29 is 19.1 Å². The van der Waals surface area contributed by atoms with Crippen molar-refractivity contribution in [1.29, 1.82) is 0 Å². The fraction of sp³-hybridized carbons (Fsp3) is 0.455. The molecule has 1 saturated carbocycles. The first-order valence-corrected chi connectivity index (χ1v) is 10.4. The van der Waals surface area contributed by atoms with Crippen molar-refractivity contribution in [2.45, 2.75) is 51.7 Å². The lowest BCUT2D eigenvalue weighted by molar-refractivity contribution is 0.0956. The minimum absolute atomic E-state index is 0.0773. The van der Waals surface area contributed by atoms with Gasteiger partial charge in [-0.15, -0.1) is 0 Å². The molecular formula is C22H27ClFN3O3. The number of ketones is 1. The van der Waals surface area contributed by atoms with E-state index in [4.69, 9.17) is 11.6 Å². The second kappa shape index (κ2) is 9.29. The minimum atomic E-state index is -0.561. The number of anilines is 1. The van der Waals surface area contributed by atoms with Gasteiger partial charge in [0, 0.05) is 24.5 Å². The number of rotatable bonds is 6. The largest absolute Gasteiger partial charge is 0.393 e. The standard InChI is InChI=1S/C22H27ClFN3O3/c1-12-20(22(30)26-15-6-9-18(24)17(23)10-15)13(2)27(3)21(12)19(29)11-25-14-4-7-16(28)8-5-14/h6,9-10,14,16,25,28H,4-5,7-8,11H2,1-3H3,(H,26,30). The summed E-state index contributed by atoms with van der Waals surface area (Å²) in [5.41, 5.74) is 2.55. The predicted molar refractivity (Wildman–Crippen MR) is 115 cm³/mol. The summed E-state index contributed by atoms with van der Waals surface area (Å²) in [6, 6.07) is 4.18. The Kier molecular flexibility index (Phi) is 6.95. The first-order chi connectivity index (χ1) is 14.2. The molecule has 1 aliphatic rings. The number of carbonyl (C=O) groups is 2. The highest BCUT2D eigenvalue weighted by Gasteiger charge is 2.26. The van der Waals surface area contributed by atoms with Crippen LogP contribution in [0, 0.1) is 19.7 Å². The Labute approximate surface area is 180 Å². The van der Waals surface area contributed by atoms with Gasteiger partial charge in [-0.05, 0) is 63.3 Å². The SMILES string of the molecule is Cc1c(C(=O)Nc2ccc(F)c(Cl)c2)c(C)n(C)c1C(=O)CNC1CCC(O)CC1. The zero-order valence-electron chi connectivity index (χ0n) is 17.4. The average molecular weight is 436 g/mol. The van der Waals surface area contributed by atoms with E-state index in [1.54, 1.807) is 25.5 Å². The van der Waals surface area contributed by atoms with Crippen LogP contribution >= 0.6 is 11.6 Å². The van der Waals surface area contributed by atoms with E-state index in [0.29, 0.717) is 28.2 Å². The maximum atomic E-state index is 13.4. The van der Waals surface area contributed by atoms with Gasteiger partial charge in [0.05, 0.1) is 28.9 Å². The lowest BCUT2D eigenvalue weighted by Gasteiger charge is -2.26. The molecule has 6 nitrogen and oxygen atoms in total.